The van der Waals surface area contributed by atoms with Crippen molar-refractivity contribution in [3.63, 3.8) is 0 Å². The summed E-state index contributed by atoms with van der Waals surface area (Å²) in [4.78, 5) is 73.1. The number of carbonyl (C=O) groups is 5. The molecule has 0 saturated carbocycles. The first-order valence-corrected chi connectivity index (χ1v) is 16.1. The fourth-order valence-corrected chi connectivity index (χ4v) is 5.77. The standard InChI is InChI=1S/C26H38N6O11S2/c1-24(2,3)41-21(36)26(7,8)43-31-16(14-12-44-22(28-14)30-23(37)42-25(4,5)6)19(34)29-17-15(11-13-9-10-27-18(13)33)32(20(17)35)45(38,39)40/h12-13,15,17H,9-11H2,1-8H3,(H,27,33)(H,29,34)(H,28,30,37)(H,38,39,40)/b31-16-/t13?,15-,17+/m1/s1. The SMILES string of the molecule is CC(C)(C)OC(=O)Nc1nc(/C(=N/OC(C)(C)C(=O)OC(C)(C)C)C(=O)N[C@@H]2C(=O)N(S(=O)(=O)O)[C@@H]2CC2CCNC2=O)cs1. The van der Waals surface area contributed by atoms with Crippen LogP contribution < -0.4 is 16.0 Å². The number of carbonyl (C=O) groups excluding carboxylic acids is 5. The maximum atomic E-state index is 13.6. The molecule has 2 fully saturated rings. The monoisotopic (exact) mass is 674 g/mol. The number of ether oxygens (including phenoxy) is 2. The third kappa shape index (κ3) is 9.33. The molecule has 3 atom stereocenters. The van der Waals surface area contributed by atoms with Crippen molar-refractivity contribution < 1.29 is 51.3 Å². The summed E-state index contributed by atoms with van der Waals surface area (Å²) in [5.41, 5.74) is -4.07. The van der Waals surface area contributed by atoms with E-state index in [2.05, 4.69) is 26.1 Å². The molecule has 0 aliphatic carbocycles. The molecule has 45 heavy (non-hydrogen) atoms. The molecular formula is C26H38N6O11S2. The van der Waals surface area contributed by atoms with E-state index in [1.54, 1.807) is 41.5 Å². The molecule has 4 amide bonds. The van der Waals surface area contributed by atoms with Crippen LogP contribution in [0.5, 0.6) is 0 Å². The number of aromatic nitrogens is 1. The molecule has 4 N–H and O–H groups in total. The summed E-state index contributed by atoms with van der Waals surface area (Å²) in [5.74, 6) is -4.05. The molecule has 1 aromatic heterocycles. The highest BCUT2D eigenvalue weighted by Crippen LogP contribution is 2.31. The van der Waals surface area contributed by atoms with Crippen LogP contribution in [0.25, 0.3) is 0 Å². The van der Waals surface area contributed by atoms with Crippen LogP contribution in [-0.2, 0) is 43.8 Å². The first kappa shape index (κ1) is 35.6. The number of rotatable bonds is 10. The number of oxime groups is 1. The molecule has 2 saturated heterocycles. The maximum Gasteiger partial charge on any atom is 0.413 e. The molecule has 1 aromatic rings. The summed E-state index contributed by atoms with van der Waals surface area (Å²) in [5, 5.41) is 12.6. The molecule has 0 radical (unpaired) electrons. The van der Waals surface area contributed by atoms with E-state index < -0.39 is 74.7 Å². The van der Waals surface area contributed by atoms with Crippen molar-refractivity contribution in [3.8, 4) is 0 Å². The summed E-state index contributed by atoms with van der Waals surface area (Å²) >= 11 is 0.899. The fourth-order valence-electron chi connectivity index (χ4n) is 4.20. The minimum absolute atomic E-state index is 0.00791. The largest absolute Gasteiger partial charge is 0.457 e. The summed E-state index contributed by atoms with van der Waals surface area (Å²) < 4.78 is 44.3. The van der Waals surface area contributed by atoms with Gasteiger partial charge in [0.25, 0.3) is 11.8 Å². The van der Waals surface area contributed by atoms with Crippen molar-refractivity contribution in [1.82, 2.24) is 19.9 Å². The lowest BCUT2D eigenvalue weighted by Crippen LogP contribution is -2.72. The average Bonchev–Trinajstić information content (AvgIpc) is 3.47. The molecule has 0 spiro atoms. The Labute approximate surface area is 264 Å². The van der Waals surface area contributed by atoms with Gasteiger partial charge in [-0.2, -0.15) is 8.42 Å². The van der Waals surface area contributed by atoms with Crippen molar-refractivity contribution >= 4 is 62.3 Å². The molecule has 2 aliphatic rings. The first-order chi connectivity index (χ1) is 20.5. The van der Waals surface area contributed by atoms with E-state index in [1.165, 1.54) is 19.2 Å². The van der Waals surface area contributed by atoms with Crippen LogP contribution in [0, 0.1) is 5.92 Å². The van der Waals surface area contributed by atoms with Crippen LogP contribution in [0.1, 0.15) is 73.9 Å². The molecule has 0 bridgehead atoms. The van der Waals surface area contributed by atoms with E-state index in [9.17, 15) is 36.9 Å². The van der Waals surface area contributed by atoms with Crippen molar-refractivity contribution in [1.29, 1.82) is 0 Å². The van der Waals surface area contributed by atoms with Crippen LogP contribution in [-0.4, -0.2) is 93.2 Å². The molecule has 0 aromatic carbocycles. The third-order valence-electron chi connectivity index (χ3n) is 6.22. The predicted octanol–water partition coefficient (Wildman–Crippen LogP) is 1.36. The molecule has 19 heteroatoms. The van der Waals surface area contributed by atoms with Gasteiger partial charge in [0.2, 0.25) is 11.5 Å². The molecule has 1 unspecified atom stereocenters. The second kappa shape index (κ2) is 12.9. The van der Waals surface area contributed by atoms with Gasteiger partial charge < -0.3 is 24.9 Å². The number of thiazole rings is 1. The van der Waals surface area contributed by atoms with E-state index >= 15 is 0 Å². The smallest absolute Gasteiger partial charge is 0.413 e. The summed E-state index contributed by atoms with van der Waals surface area (Å²) in [6.45, 7) is 13.0. The Morgan fingerprint density at radius 3 is 2.27 bits per heavy atom. The normalized spacial score (nSPS) is 21.0. The van der Waals surface area contributed by atoms with Gasteiger partial charge in [-0.15, -0.1) is 11.3 Å². The zero-order valence-electron chi connectivity index (χ0n) is 26.1. The van der Waals surface area contributed by atoms with Gasteiger partial charge in [0.1, 0.15) is 22.9 Å². The van der Waals surface area contributed by atoms with Crippen molar-refractivity contribution in [2.75, 3.05) is 11.9 Å². The highest BCUT2D eigenvalue weighted by atomic mass is 32.2. The Balaban J connectivity index is 1.92. The first-order valence-electron chi connectivity index (χ1n) is 13.8. The number of hydrogen-bond acceptors (Lipinski definition) is 13. The zero-order chi connectivity index (χ0) is 34.1. The van der Waals surface area contributed by atoms with Crippen molar-refractivity contribution in [2.24, 2.45) is 11.1 Å². The van der Waals surface area contributed by atoms with Crippen LogP contribution in [0.4, 0.5) is 9.93 Å². The number of amides is 4. The van der Waals surface area contributed by atoms with E-state index in [4.69, 9.17) is 14.3 Å². The third-order valence-corrected chi connectivity index (χ3v) is 7.92. The quantitative estimate of drug-likeness (QED) is 0.0906. The van der Waals surface area contributed by atoms with Gasteiger partial charge in [0.05, 0.1) is 6.04 Å². The van der Waals surface area contributed by atoms with E-state index in [0.29, 0.717) is 13.0 Å². The minimum Gasteiger partial charge on any atom is -0.457 e. The van der Waals surface area contributed by atoms with Crippen molar-refractivity contribution in [3.05, 3.63) is 11.1 Å². The lowest BCUT2D eigenvalue weighted by molar-refractivity contribution is -0.179. The Morgan fingerprint density at radius 1 is 1.11 bits per heavy atom. The molecule has 2 aliphatic heterocycles. The Bertz CT molecular complexity index is 1490. The van der Waals surface area contributed by atoms with Gasteiger partial charge >= 0.3 is 22.4 Å². The zero-order valence-corrected chi connectivity index (χ0v) is 27.8. The van der Waals surface area contributed by atoms with Gasteiger partial charge in [-0.25, -0.2) is 18.9 Å². The molecular weight excluding hydrogens is 636 g/mol. The minimum atomic E-state index is -5.01. The Hall–Kier alpha value is -3.84. The summed E-state index contributed by atoms with van der Waals surface area (Å²) in [6, 6.07) is -2.76. The number of nitrogens with zero attached hydrogens (tertiary/aromatic N) is 3. The molecule has 17 nitrogen and oxygen atoms in total. The number of β-lactam (4-membered cyclic amide) rings is 1. The van der Waals surface area contributed by atoms with Crippen molar-refractivity contribution in [2.45, 2.75) is 97.1 Å². The van der Waals surface area contributed by atoms with Gasteiger partial charge in [-0.3, -0.25) is 24.3 Å². The Morgan fingerprint density at radius 2 is 1.73 bits per heavy atom. The molecule has 3 rings (SSSR count). The van der Waals surface area contributed by atoms with E-state index in [0.717, 1.165) is 11.3 Å². The number of anilines is 1. The van der Waals surface area contributed by atoms with Crippen LogP contribution in [0.15, 0.2) is 10.5 Å². The lowest BCUT2D eigenvalue weighted by atomic mass is 9.88. The van der Waals surface area contributed by atoms with E-state index in [-0.39, 0.29) is 27.5 Å². The van der Waals surface area contributed by atoms with Gasteiger partial charge in [0, 0.05) is 17.8 Å². The number of hydrogen-bond donors (Lipinski definition) is 4. The maximum absolute atomic E-state index is 13.6. The highest BCUT2D eigenvalue weighted by Gasteiger charge is 2.55. The number of nitrogens with one attached hydrogen (secondary N) is 3. The number of esters is 1. The van der Waals surface area contributed by atoms with Gasteiger partial charge in [-0.05, 0) is 68.2 Å². The average molecular weight is 675 g/mol. The summed E-state index contributed by atoms with van der Waals surface area (Å²) in [7, 11) is -5.01. The van der Waals surface area contributed by atoms with Crippen LogP contribution in [0.3, 0.4) is 0 Å². The second-order valence-electron chi connectivity index (χ2n) is 12.9. The van der Waals surface area contributed by atoms with Gasteiger partial charge in [-0.1, -0.05) is 5.16 Å². The fraction of sp³-hybridized carbons (Fsp3) is 0.654. The van der Waals surface area contributed by atoms with Gasteiger partial charge in [0.15, 0.2) is 10.8 Å². The van der Waals surface area contributed by atoms with Crippen LogP contribution in [0.2, 0.25) is 0 Å². The van der Waals surface area contributed by atoms with E-state index in [1.807, 2.05) is 0 Å². The molecule has 3 heterocycles. The second-order valence-corrected chi connectivity index (χ2v) is 15.0. The van der Waals surface area contributed by atoms with Crippen LogP contribution >= 0.6 is 11.3 Å². The summed E-state index contributed by atoms with van der Waals surface area (Å²) in [6.07, 6.45) is -0.633. The highest BCUT2D eigenvalue weighted by molar-refractivity contribution is 7.84. The lowest BCUT2D eigenvalue weighted by Gasteiger charge is -2.44. The Kier molecular flexibility index (Phi) is 10.2. The molecule has 250 valence electrons. The predicted molar refractivity (Wildman–Crippen MR) is 159 cm³/mol. The topological polar surface area (TPSA) is 232 Å².